The largest absolute Gasteiger partial charge is 1.00 e. The number of rotatable bonds is 13. The summed E-state index contributed by atoms with van der Waals surface area (Å²) >= 11 is 0. The van der Waals surface area contributed by atoms with Gasteiger partial charge in [0, 0.05) is 13.1 Å². The van der Waals surface area contributed by atoms with Crippen molar-refractivity contribution in [2.24, 2.45) is 11.5 Å². The summed E-state index contributed by atoms with van der Waals surface area (Å²) in [5.74, 6) is 0. The average molecular weight is 348 g/mol. The van der Waals surface area contributed by atoms with Crippen LogP contribution in [0, 0.1) is 0 Å². The molecule has 0 aromatic carbocycles. The van der Waals surface area contributed by atoms with Gasteiger partial charge in [-0.15, -0.1) is 0 Å². The van der Waals surface area contributed by atoms with E-state index in [1.54, 1.807) is 0 Å². The molecule has 0 amide bonds. The molecule has 0 radical (unpaired) electrons. The van der Waals surface area contributed by atoms with Crippen LogP contribution >= 0.6 is 0 Å². The summed E-state index contributed by atoms with van der Waals surface area (Å²) < 4.78 is 34.5. The Morgan fingerprint density at radius 3 is 1.50 bits per heavy atom. The van der Waals surface area contributed by atoms with E-state index in [1.165, 1.54) is 44.9 Å². The Kier molecular flexibility index (Phi) is 27.4. The van der Waals surface area contributed by atoms with Crippen molar-refractivity contribution in [1.82, 2.24) is 0 Å². The monoisotopic (exact) mass is 348 g/mol. The van der Waals surface area contributed by atoms with E-state index in [0.717, 1.165) is 12.8 Å². The van der Waals surface area contributed by atoms with Crippen molar-refractivity contribution < 1.29 is 46.7 Å². The van der Waals surface area contributed by atoms with E-state index in [4.69, 9.17) is 11.5 Å². The molecule has 0 aromatic heterocycles. The predicted molar refractivity (Wildman–Crippen MR) is 85.6 cm³/mol. The van der Waals surface area contributed by atoms with Crippen molar-refractivity contribution in [3.63, 3.8) is 0 Å². The number of hydrogen-bond donors (Lipinski definition) is 2. The van der Waals surface area contributed by atoms with E-state index < -0.39 is 10.4 Å². The summed E-state index contributed by atoms with van der Waals surface area (Å²) in [5, 5.41) is 0. The fraction of sp³-hybridized carbons (Fsp3) is 1.00. The molecular weight excluding hydrogens is 315 g/mol. The Hall–Kier alpha value is 0.790. The van der Waals surface area contributed by atoms with Crippen molar-refractivity contribution in [1.29, 1.82) is 0 Å². The zero-order chi connectivity index (χ0) is 16.4. The van der Waals surface area contributed by atoms with E-state index in [1.807, 2.05) is 0 Å². The van der Waals surface area contributed by atoms with Crippen molar-refractivity contribution in [3.05, 3.63) is 0 Å². The van der Waals surface area contributed by atoms with Gasteiger partial charge in [0.25, 0.3) is 0 Å². The second-order valence-electron chi connectivity index (χ2n) is 4.99. The maximum Gasteiger partial charge on any atom is 1.00 e. The van der Waals surface area contributed by atoms with E-state index >= 15 is 0 Å². The van der Waals surface area contributed by atoms with Gasteiger partial charge in [-0.1, -0.05) is 64.7 Å². The normalized spacial score (nSPS) is 10.5. The fourth-order valence-corrected chi connectivity index (χ4v) is 2.07. The van der Waals surface area contributed by atoms with E-state index in [0.29, 0.717) is 19.5 Å². The standard InChI is InChI=1S/C12H26O4S.C2H8N2.Na/c1-2-3-4-5-6-7-8-9-10-11-12-16-17(13,14)15;3-1-2-4;/h2-12H2,1H3,(H,13,14,15);1-4H2;/q;;+1/p-1. The third kappa shape index (κ3) is 32.7. The molecule has 0 atom stereocenters. The third-order valence-electron chi connectivity index (χ3n) is 2.89. The molecule has 0 aliphatic carbocycles. The zero-order valence-corrected chi connectivity index (χ0v) is 17.2. The molecule has 0 aliphatic heterocycles. The van der Waals surface area contributed by atoms with Crippen molar-refractivity contribution in [2.75, 3.05) is 19.7 Å². The Morgan fingerprint density at radius 2 is 1.18 bits per heavy atom. The molecule has 4 N–H and O–H groups in total. The first kappa shape index (κ1) is 27.6. The third-order valence-corrected chi connectivity index (χ3v) is 3.35. The van der Waals surface area contributed by atoms with Crippen LogP contribution in [0.4, 0.5) is 0 Å². The second kappa shape index (κ2) is 21.8. The smallest absolute Gasteiger partial charge is 0.726 e. The number of nitrogens with two attached hydrogens (primary N) is 2. The molecule has 0 aliphatic rings. The quantitative estimate of drug-likeness (QED) is 0.196. The van der Waals surface area contributed by atoms with E-state index in [2.05, 4.69) is 11.1 Å². The minimum atomic E-state index is -4.48. The number of unbranched alkanes of at least 4 members (excludes halogenated alkanes) is 9. The first-order chi connectivity index (χ1) is 9.97. The van der Waals surface area contributed by atoms with Crippen LogP contribution in [0.5, 0.6) is 0 Å². The van der Waals surface area contributed by atoms with Crippen LogP contribution in [-0.4, -0.2) is 32.7 Å². The molecule has 0 aromatic rings. The Morgan fingerprint density at radius 1 is 0.818 bits per heavy atom. The summed E-state index contributed by atoms with van der Waals surface area (Å²) in [6, 6.07) is 0. The summed E-state index contributed by atoms with van der Waals surface area (Å²) in [5.41, 5.74) is 9.81. The van der Waals surface area contributed by atoms with Crippen LogP contribution in [0.25, 0.3) is 0 Å². The minimum Gasteiger partial charge on any atom is -0.726 e. The maximum absolute atomic E-state index is 10.1. The van der Waals surface area contributed by atoms with Crippen molar-refractivity contribution in [2.45, 2.75) is 71.1 Å². The molecule has 22 heavy (non-hydrogen) atoms. The molecular formula is C14H33N2NaO4S. The Bertz CT molecular complexity index is 289. The van der Waals surface area contributed by atoms with Gasteiger partial charge in [0.05, 0.1) is 6.61 Å². The molecule has 8 heteroatoms. The van der Waals surface area contributed by atoms with Gasteiger partial charge >= 0.3 is 29.6 Å². The van der Waals surface area contributed by atoms with Crippen molar-refractivity contribution in [3.8, 4) is 0 Å². The Labute approximate surface area is 159 Å². The van der Waals surface area contributed by atoms with Gasteiger partial charge in [0.2, 0.25) is 10.4 Å². The fourth-order valence-electron chi connectivity index (χ4n) is 1.75. The SMILES string of the molecule is CCCCCCCCCCCCOS(=O)(=O)[O-].NCCN.[Na+]. The molecule has 0 bridgehead atoms. The summed E-state index contributed by atoms with van der Waals surface area (Å²) in [4.78, 5) is 0. The summed E-state index contributed by atoms with van der Waals surface area (Å²) in [7, 11) is -4.48. The number of hydrogen-bond acceptors (Lipinski definition) is 6. The molecule has 0 fully saturated rings. The minimum absolute atomic E-state index is 0. The van der Waals surface area contributed by atoms with Crippen LogP contribution in [0.1, 0.15) is 71.1 Å². The average Bonchev–Trinajstić information content (AvgIpc) is 2.44. The van der Waals surface area contributed by atoms with Gasteiger partial charge in [0.1, 0.15) is 0 Å². The van der Waals surface area contributed by atoms with E-state index in [9.17, 15) is 13.0 Å². The predicted octanol–water partition coefficient (Wildman–Crippen LogP) is -0.708. The first-order valence-corrected chi connectivity index (χ1v) is 9.31. The molecule has 0 rings (SSSR count). The van der Waals surface area contributed by atoms with Crippen molar-refractivity contribution >= 4 is 10.4 Å². The molecule has 0 saturated heterocycles. The van der Waals surface area contributed by atoms with Gasteiger partial charge < -0.3 is 16.0 Å². The Balaban J connectivity index is -0.000000640. The van der Waals surface area contributed by atoms with E-state index in [-0.39, 0.29) is 36.2 Å². The topological polar surface area (TPSA) is 118 Å². The molecule has 130 valence electrons. The van der Waals surface area contributed by atoms with Gasteiger partial charge in [-0.3, -0.25) is 4.18 Å². The van der Waals surface area contributed by atoms with Crippen LogP contribution < -0.4 is 41.0 Å². The summed E-state index contributed by atoms with van der Waals surface area (Å²) in [6.45, 7) is 3.44. The van der Waals surface area contributed by atoms with Gasteiger partial charge in [-0.25, -0.2) is 8.42 Å². The molecule has 0 heterocycles. The van der Waals surface area contributed by atoms with Gasteiger partial charge in [-0.2, -0.15) is 0 Å². The molecule has 6 nitrogen and oxygen atoms in total. The second-order valence-corrected chi connectivity index (χ2v) is 6.04. The molecule has 0 saturated carbocycles. The van der Waals surface area contributed by atoms with Gasteiger partial charge in [0.15, 0.2) is 0 Å². The molecule has 0 unspecified atom stereocenters. The first-order valence-electron chi connectivity index (χ1n) is 7.98. The van der Waals surface area contributed by atoms with Crippen LogP contribution in [0.2, 0.25) is 0 Å². The molecule has 0 spiro atoms. The van der Waals surface area contributed by atoms with Gasteiger partial charge in [-0.05, 0) is 6.42 Å². The summed E-state index contributed by atoms with van der Waals surface area (Å²) in [6.07, 6.45) is 11.7. The van der Waals surface area contributed by atoms with Crippen LogP contribution in [0.15, 0.2) is 0 Å². The zero-order valence-electron chi connectivity index (χ0n) is 14.4. The van der Waals surface area contributed by atoms with Crippen LogP contribution in [0.3, 0.4) is 0 Å². The maximum atomic E-state index is 10.1. The van der Waals surface area contributed by atoms with Crippen LogP contribution in [-0.2, 0) is 14.6 Å².